The van der Waals surface area contributed by atoms with Crippen LogP contribution in [0.2, 0.25) is 5.02 Å². The normalized spacial score (nSPS) is 21.5. The summed E-state index contributed by atoms with van der Waals surface area (Å²) in [6.07, 6.45) is 0.105. The Kier molecular flexibility index (Phi) is 6.09. The Hall–Kier alpha value is -0.920. The van der Waals surface area contributed by atoms with Crippen molar-refractivity contribution in [3.8, 4) is 0 Å². The van der Waals surface area contributed by atoms with Gasteiger partial charge in [0.2, 0.25) is 0 Å². The third-order valence-electron chi connectivity index (χ3n) is 3.40. The van der Waals surface area contributed by atoms with Crippen molar-refractivity contribution < 1.29 is 26.7 Å². The highest BCUT2D eigenvalue weighted by Crippen LogP contribution is 2.49. The van der Waals surface area contributed by atoms with Crippen LogP contribution in [0.25, 0.3) is 0 Å². The number of oxime groups is 1. The average molecular weight is 396 g/mol. The number of nitrogens with zero attached hydrogens (tertiary/aromatic N) is 1. The van der Waals surface area contributed by atoms with Crippen LogP contribution >= 0.6 is 19.4 Å². The molecule has 0 N–H and O–H groups in total. The highest BCUT2D eigenvalue weighted by Gasteiger charge is 2.36. The third-order valence-corrected chi connectivity index (χ3v) is 7.26. The lowest BCUT2D eigenvalue weighted by molar-refractivity contribution is 0.124. The molecule has 1 aromatic carbocycles. The van der Waals surface area contributed by atoms with Crippen LogP contribution in [0.5, 0.6) is 0 Å². The molecule has 0 saturated heterocycles. The van der Waals surface area contributed by atoms with E-state index in [0.29, 0.717) is 16.3 Å². The summed E-state index contributed by atoms with van der Waals surface area (Å²) in [5.74, 6) is 0. The van der Waals surface area contributed by atoms with E-state index in [1.54, 1.807) is 20.8 Å². The number of sulfone groups is 1. The summed E-state index contributed by atoms with van der Waals surface area (Å²) >= 11 is 5.97. The van der Waals surface area contributed by atoms with E-state index in [9.17, 15) is 13.0 Å². The third kappa shape index (κ3) is 4.00. The van der Waals surface area contributed by atoms with Gasteiger partial charge >= 0.3 is 7.82 Å². The summed E-state index contributed by atoms with van der Waals surface area (Å²) in [6, 6.07) is 4.43. The summed E-state index contributed by atoms with van der Waals surface area (Å²) in [5.41, 5.74) is 0.662. The molecule has 10 heteroatoms. The van der Waals surface area contributed by atoms with Crippen molar-refractivity contribution in [2.75, 3.05) is 13.2 Å². The van der Waals surface area contributed by atoms with Crippen LogP contribution in [0.3, 0.4) is 0 Å². The van der Waals surface area contributed by atoms with E-state index in [1.807, 2.05) is 0 Å². The Morgan fingerprint density at radius 1 is 1.29 bits per heavy atom. The predicted octanol–water partition coefficient (Wildman–Crippen LogP) is 3.81. The minimum Gasteiger partial charge on any atom is -0.292 e. The van der Waals surface area contributed by atoms with Gasteiger partial charge in [-0.25, -0.2) is 13.0 Å². The SMILES string of the molecule is CCOP(=O)(OCC)O/N=C1\CC(C)S(=O)(=O)c2ccc(Cl)cc21. The lowest BCUT2D eigenvalue weighted by Gasteiger charge is -2.23. The smallest absolute Gasteiger partial charge is 0.292 e. The van der Waals surface area contributed by atoms with Crippen molar-refractivity contribution in [1.82, 2.24) is 0 Å². The maximum atomic E-state index is 12.4. The fourth-order valence-corrected chi connectivity index (χ4v) is 4.99. The van der Waals surface area contributed by atoms with Gasteiger partial charge in [-0.1, -0.05) is 16.8 Å². The molecule has 0 bridgehead atoms. The summed E-state index contributed by atoms with van der Waals surface area (Å²) in [4.78, 5) is 0.121. The van der Waals surface area contributed by atoms with E-state index < -0.39 is 22.9 Å². The zero-order valence-electron chi connectivity index (χ0n) is 13.6. The Morgan fingerprint density at radius 2 is 1.92 bits per heavy atom. The number of phosphoric ester groups is 1. The molecule has 7 nitrogen and oxygen atoms in total. The average Bonchev–Trinajstić information content (AvgIpc) is 2.50. The first kappa shape index (κ1) is 19.4. The first-order valence-corrected chi connectivity index (χ1v) is 10.8. The van der Waals surface area contributed by atoms with E-state index in [0.717, 1.165) is 0 Å². The molecule has 0 spiro atoms. The van der Waals surface area contributed by atoms with Gasteiger partial charge in [0.15, 0.2) is 9.84 Å². The topological polar surface area (TPSA) is 91.3 Å². The molecular weight excluding hydrogens is 377 g/mol. The maximum absolute atomic E-state index is 12.4. The first-order valence-electron chi connectivity index (χ1n) is 7.42. The Morgan fingerprint density at radius 3 is 2.50 bits per heavy atom. The molecule has 1 heterocycles. The van der Waals surface area contributed by atoms with Gasteiger partial charge in [-0.3, -0.25) is 13.7 Å². The predicted molar refractivity (Wildman–Crippen MR) is 91.2 cm³/mol. The molecule has 1 aliphatic heterocycles. The van der Waals surface area contributed by atoms with E-state index in [2.05, 4.69) is 5.16 Å². The van der Waals surface area contributed by atoms with Crippen LogP contribution in [0, 0.1) is 0 Å². The zero-order valence-corrected chi connectivity index (χ0v) is 16.0. The van der Waals surface area contributed by atoms with Crippen LogP contribution in [-0.4, -0.2) is 32.6 Å². The number of hydrogen-bond acceptors (Lipinski definition) is 7. The quantitative estimate of drug-likeness (QED) is 0.537. The van der Waals surface area contributed by atoms with Crippen molar-refractivity contribution in [2.24, 2.45) is 5.16 Å². The maximum Gasteiger partial charge on any atom is 0.550 e. The lowest BCUT2D eigenvalue weighted by atomic mass is 10.1. The standard InChI is InChI=1S/C14H19ClNO6PS/c1-4-20-23(17,21-5-2)22-16-13-8-10(3)24(18,19)14-7-6-11(15)9-12(13)14/h6-7,9-10H,4-5,8H2,1-3H3/b16-13+. The molecule has 0 aromatic heterocycles. The molecular formula is C14H19ClNO6PS. The van der Waals surface area contributed by atoms with Crippen LogP contribution in [0.4, 0.5) is 0 Å². The molecule has 0 fully saturated rings. The fraction of sp³-hybridized carbons (Fsp3) is 0.500. The monoisotopic (exact) mass is 395 g/mol. The second kappa shape index (κ2) is 7.54. The van der Waals surface area contributed by atoms with Crippen molar-refractivity contribution in [3.05, 3.63) is 28.8 Å². The van der Waals surface area contributed by atoms with E-state index >= 15 is 0 Å². The lowest BCUT2D eigenvalue weighted by Crippen LogP contribution is -2.29. The van der Waals surface area contributed by atoms with Gasteiger partial charge in [-0.05, 0) is 39.0 Å². The first-order chi connectivity index (χ1) is 11.2. The van der Waals surface area contributed by atoms with Crippen molar-refractivity contribution in [3.63, 3.8) is 0 Å². The van der Waals surface area contributed by atoms with Crippen molar-refractivity contribution in [2.45, 2.75) is 37.3 Å². The minimum absolute atomic E-state index is 0.105. The summed E-state index contributed by atoms with van der Waals surface area (Å²) < 4.78 is 52.2. The van der Waals surface area contributed by atoms with Crippen LogP contribution in [0.1, 0.15) is 32.8 Å². The second-order valence-corrected chi connectivity index (χ2v) is 9.45. The van der Waals surface area contributed by atoms with Gasteiger partial charge in [0, 0.05) is 17.0 Å². The van der Waals surface area contributed by atoms with Crippen molar-refractivity contribution in [1.29, 1.82) is 0 Å². The van der Waals surface area contributed by atoms with Gasteiger partial charge in [-0.15, -0.1) is 0 Å². The highest BCUT2D eigenvalue weighted by atomic mass is 35.5. The molecule has 0 aliphatic carbocycles. The van der Waals surface area contributed by atoms with E-state index in [-0.39, 0.29) is 24.5 Å². The van der Waals surface area contributed by atoms with Gasteiger partial charge in [-0.2, -0.15) is 0 Å². The van der Waals surface area contributed by atoms with E-state index in [4.69, 9.17) is 25.3 Å². The van der Waals surface area contributed by atoms with Gasteiger partial charge < -0.3 is 0 Å². The van der Waals surface area contributed by atoms with Gasteiger partial charge in [0.25, 0.3) is 0 Å². The number of phosphoric acid groups is 1. The molecule has 1 atom stereocenters. The molecule has 1 unspecified atom stereocenters. The van der Waals surface area contributed by atoms with Crippen molar-refractivity contribution >= 4 is 35.0 Å². The molecule has 1 aromatic rings. The van der Waals surface area contributed by atoms with Gasteiger partial charge in [0.1, 0.15) is 0 Å². The molecule has 0 radical (unpaired) electrons. The van der Waals surface area contributed by atoms with Crippen LogP contribution in [0.15, 0.2) is 28.3 Å². The molecule has 2 rings (SSSR count). The summed E-state index contributed by atoms with van der Waals surface area (Å²) in [5, 5.41) is 3.55. The molecule has 134 valence electrons. The highest BCUT2D eigenvalue weighted by molar-refractivity contribution is 7.92. The number of halogens is 1. The van der Waals surface area contributed by atoms with E-state index in [1.165, 1.54) is 18.2 Å². The van der Waals surface area contributed by atoms with Crippen LogP contribution in [-0.2, 0) is 28.1 Å². The Labute approximate surface area is 146 Å². The number of benzene rings is 1. The molecule has 0 amide bonds. The number of fused-ring (bicyclic) bond motifs is 1. The Bertz CT molecular complexity index is 784. The Balaban J connectivity index is 2.44. The number of rotatable bonds is 6. The van der Waals surface area contributed by atoms with Crippen LogP contribution < -0.4 is 0 Å². The molecule has 24 heavy (non-hydrogen) atoms. The summed E-state index contributed by atoms with van der Waals surface area (Å²) in [7, 11) is -7.30. The largest absolute Gasteiger partial charge is 0.550 e. The molecule has 0 saturated carbocycles. The molecule has 1 aliphatic rings. The summed E-state index contributed by atoms with van der Waals surface area (Å²) in [6.45, 7) is 5.11. The van der Waals surface area contributed by atoms with Gasteiger partial charge in [0.05, 0.1) is 29.1 Å². The fourth-order valence-electron chi connectivity index (χ4n) is 2.27. The second-order valence-electron chi connectivity index (χ2n) is 5.10. The number of hydrogen-bond donors (Lipinski definition) is 0. The zero-order chi connectivity index (χ0) is 18.0. The minimum atomic E-state index is -3.83.